The predicted octanol–water partition coefficient (Wildman–Crippen LogP) is 5.03. The van der Waals surface area contributed by atoms with Gasteiger partial charge in [0.2, 0.25) is 5.91 Å². The summed E-state index contributed by atoms with van der Waals surface area (Å²) in [6, 6.07) is 17.6. The maximum atomic E-state index is 12.3. The summed E-state index contributed by atoms with van der Waals surface area (Å²) in [7, 11) is 1.71. The van der Waals surface area contributed by atoms with Crippen molar-refractivity contribution in [1.82, 2.24) is 14.8 Å². The molecular weight excluding hydrogens is 490 g/mol. The number of rotatable bonds is 7. The first-order valence-corrected chi connectivity index (χ1v) is 12.9. The fourth-order valence-electron chi connectivity index (χ4n) is 5.11. The van der Waals surface area contributed by atoms with Gasteiger partial charge in [0, 0.05) is 56.3 Å². The Morgan fingerprint density at radius 2 is 1.89 bits per heavy atom. The van der Waals surface area contributed by atoms with Crippen LogP contribution in [0.15, 0.2) is 65.6 Å². The summed E-state index contributed by atoms with van der Waals surface area (Å²) in [6.45, 7) is 3.10. The van der Waals surface area contributed by atoms with E-state index in [-0.39, 0.29) is 23.3 Å². The maximum absolute atomic E-state index is 12.3. The molecule has 0 spiro atoms. The molecule has 2 atom stereocenters. The monoisotopic (exact) mass is 521 g/mol. The van der Waals surface area contributed by atoms with E-state index >= 15 is 0 Å². The lowest BCUT2D eigenvalue weighted by Crippen LogP contribution is -2.41. The number of halogens is 1. The second-order valence-corrected chi connectivity index (χ2v) is 9.89. The van der Waals surface area contributed by atoms with E-state index in [4.69, 9.17) is 11.6 Å². The Morgan fingerprint density at radius 1 is 1.11 bits per heavy atom. The van der Waals surface area contributed by atoms with E-state index in [0.29, 0.717) is 43.9 Å². The van der Waals surface area contributed by atoms with Gasteiger partial charge in [0.25, 0.3) is 5.56 Å². The highest BCUT2D eigenvalue weighted by Crippen LogP contribution is 2.43. The van der Waals surface area contributed by atoms with Crippen molar-refractivity contribution in [3.05, 3.63) is 92.9 Å². The van der Waals surface area contributed by atoms with Gasteiger partial charge in [0.15, 0.2) is 0 Å². The molecular formula is C29H32ClN3O4. The van der Waals surface area contributed by atoms with Crippen molar-refractivity contribution in [2.24, 2.45) is 7.05 Å². The van der Waals surface area contributed by atoms with E-state index < -0.39 is 6.09 Å². The van der Waals surface area contributed by atoms with Gasteiger partial charge in [-0.25, -0.2) is 4.79 Å². The molecule has 3 aromatic rings. The van der Waals surface area contributed by atoms with Crippen molar-refractivity contribution in [2.45, 2.75) is 38.0 Å². The van der Waals surface area contributed by atoms with Crippen molar-refractivity contribution in [2.75, 3.05) is 19.6 Å². The molecule has 0 bridgehead atoms. The van der Waals surface area contributed by atoms with Crippen LogP contribution in [0.3, 0.4) is 0 Å². The van der Waals surface area contributed by atoms with Crippen LogP contribution in [0.1, 0.15) is 48.3 Å². The number of piperidine rings is 1. The van der Waals surface area contributed by atoms with Crippen molar-refractivity contribution < 1.29 is 14.7 Å². The number of aromatic nitrogens is 1. The first-order valence-electron chi connectivity index (χ1n) is 12.6. The van der Waals surface area contributed by atoms with Crippen LogP contribution in [0.5, 0.6) is 0 Å². The Kier molecular flexibility index (Phi) is 8.34. The zero-order chi connectivity index (χ0) is 26.5. The van der Waals surface area contributed by atoms with Gasteiger partial charge < -0.3 is 19.9 Å². The van der Waals surface area contributed by atoms with Crippen molar-refractivity contribution in [3.8, 4) is 11.1 Å². The quantitative estimate of drug-likeness (QED) is 0.456. The van der Waals surface area contributed by atoms with Crippen molar-refractivity contribution >= 4 is 23.6 Å². The van der Waals surface area contributed by atoms with Crippen LogP contribution < -0.4 is 10.9 Å². The molecule has 4 rings (SSSR count). The van der Waals surface area contributed by atoms with Gasteiger partial charge in [0.05, 0.1) is 0 Å². The number of carbonyl (C=O) groups is 2. The van der Waals surface area contributed by atoms with Gasteiger partial charge in [-0.2, -0.15) is 0 Å². The SMILES string of the molecule is CCC(=O)NCCc1ccccc1-c1ccc(C2CN(C(=O)O)CCC2c2ccn(C)c(=O)c2)c(Cl)c1. The molecule has 1 aliphatic heterocycles. The number of hydrogen-bond donors (Lipinski definition) is 2. The first kappa shape index (κ1) is 26.5. The minimum Gasteiger partial charge on any atom is -0.465 e. The number of pyridine rings is 1. The van der Waals surface area contributed by atoms with Crippen LogP contribution in [-0.2, 0) is 18.3 Å². The lowest BCUT2D eigenvalue weighted by molar-refractivity contribution is -0.120. The lowest BCUT2D eigenvalue weighted by atomic mass is 9.76. The third-order valence-electron chi connectivity index (χ3n) is 7.21. The second-order valence-electron chi connectivity index (χ2n) is 9.49. The Morgan fingerprint density at radius 3 is 2.59 bits per heavy atom. The molecule has 1 aromatic heterocycles. The minimum absolute atomic E-state index is 0.0256. The minimum atomic E-state index is -0.954. The second kappa shape index (κ2) is 11.6. The Hall–Kier alpha value is -3.58. The molecule has 2 N–H and O–H groups in total. The van der Waals surface area contributed by atoms with Crippen LogP contribution in [0, 0.1) is 0 Å². The lowest BCUT2D eigenvalue weighted by Gasteiger charge is -2.38. The van der Waals surface area contributed by atoms with Gasteiger partial charge >= 0.3 is 6.09 Å². The van der Waals surface area contributed by atoms with Crippen LogP contribution in [0.2, 0.25) is 5.02 Å². The Labute approximate surface area is 221 Å². The summed E-state index contributed by atoms with van der Waals surface area (Å²) < 4.78 is 1.53. The van der Waals surface area contributed by atoms with E-state index in [1.165, 1.54) is 9.47 Å². The molecule has 0 saturated carbocycles. The number of nitrogens with one attached hydrogen (secondary N) is 1. The maximum Gasteiger partial charge on any atom is 0.407 e. The van der Waals surface area contributed by atoms with Gasteiger partial charge in [0.1, 0.15) is 0 Å². The number of aryl methyl sites for hydroxylation is 1. The van der Waals surface area contributed by atoms with Crippen molar-refractivity contribution in [1.29, 1.82) is 0 Å². The average molecular weight is 522 g/mol. The van der Waals surface area contributed by atoms with Crippen LogP contribution >= 0.6 is 11.6 Å². The number of nitrogens with zero attached hydrogens (tertiary/aromatic N) is 2. The molecule has 37 heavy (non-hydrogen) atoms. The average Bonchev–Trinajstić information content (AvgIpc) is 2.90. The number of hydrogen-bond acceptors (Lipinski definition) is 3. The highest BCUT2D eigenvalue weighted by Gasteiger charge is 2.35. The van der Waals surface area contributed by atoms with Crippen LogP contribution in [0.4, 0.5) is 4.79 Å². The Bertz CT molecular complexity index is 1350. The molecule has 2 amide bonds. The summed E-state index contributed by atoms with van der Waals surface area (Å²) in [4.78, 5) is 37.2. The summed E-state index contributed by atoms with van der Waals surface area (Å²) in [5, 5.41) is 13.2. The molecule has 2 unspecified atom stereocenters. The highest BCUT2D eigenvalue weighted by molar-refractivity contribution is 6.31. The smallest absolute Gasteiger partial charge is 0.407 e. The summed E-state index contributed by atoms with van der Waals surface area (Å²) in [5.41, 5.74) is 4.79. The molecule has 7 nitrogen and oxygen atoms in total. The van der Waals surface area contributed by atoms with Gasteiger partial charge in [-0.3, -0.25) is 9.59 Å². The van der Waals surface area contributed by atoms with Crippen molar-refractivity contribution in [3.63, 3.8) is 0 Å². The molecule has 194 valence electrons. The fourth-order valence-corrected chi connectivity index (χ4v) is 5.43. The van der Waals surface area contributed by atoms with Crippen LogP contribution in [-0.4, -0.2) is 46.2 Å². The molecule has 1 fully saturated rings. The number of benzene rings is 2. The molecule has 0 radical (unpaired) electrons. The van der Waals surface area contributed by atoms with E-state index in [2.05, 4.69) is 5.32 Å². The van der Waals surface area contributed by atoms with E-state index in [0.717, 1.165) is 27.8 Å². The van der Waals surface area contributed by atoms with Crippen LogP contribution in [0.25, 0.3) is 11.1 Å². The zero-order valence-corrected chi connectivity index (χ0v) is 21.9. The number of likely N-dealkylation sites (tertiary alicyclic amines) is 1. The van der Waals surface area contributed by atoms with Gasteiger partial charge in [-0.15, -0.1) is 0 Å². The summed E-state index contributed by atoms with van der Waals surface area (Å²) in [6.07, 6.45) is 2.56. The number of carboxylic acid groups (broad SMARTS) is 1. The number of amides is 2. The van der Waals surface area contributed by atoms with Gasteiger partial charge in [-0.1, -0.05) is 54.9 Å². The first-order chi connectivity index (χ1) is 17.8. The molecule has 2 aromatic carbocycles. The molecule has 2 heterocycles. The summed E-state index contributed by atoms with van der Waals surface area (Å²) in [5.74, 6) is -0.182. The van der Waals surface area contributed by atoms with E-state index in [9.17, 15) is 19.5 Å². The zero-order valence-electron chi connectivity index (χ0n) is 21.1. The normalized spacial score (nSPS) is 17.4. The molecule has 8 heteroatoms. The summed E-state index contributed by atoms with van der Waals surface area (Å²) >= 11 is 6.88. The molecule has 1 saturated heterocycles. The third-order valence-corrected chi connectivity index (χ3v) is 7.53. The highest BCUT2D eigenvalue weighted by atomic mass is 35.5. The topological polar surface area (TPSA) is 91.6 Å². The van der Waals surface area contributed by atoms with E-state index in [1.54, 1.807) is 19.3 Å². The third kappa shape index (κ3) is 6.05. The van der Waals surface area contributed by atoms with Gasteiger partial charge in [-0.05, 0) is 58.7 Å². The number of carbonyl (C=O) groups excluding carboxylic acids is 1. The molecule has 1 aliphatic rings. The Balaban J connectivity index is 1.66. The fraction of sp³-hybridized carbons (Fsp3) is 0.345. The largest absolute Gasteiger partial charge is 0.465 e. The predicted molar refractivity (Wildman–Crippen MR) is 145 cm³/mol. The van der Waals surface area contributed by atoms with E-state index in [1.807, 2.05) is 55.5 Å². The standard InChI is InChI=1S/C29H32ClN3O4/c1-3-27(34)31-13-10-19-6-4-5-7-22(19)20-8-9-24(26(30)16-20)25-18-33(29(36)37)15-12-23(25)21-11-14-32(2)28(35)17-21/h4-9,11,14,16-17,23,25H,3,10,12-13,15,18H2,1-2H3,(H,31,34)(H,36,37). The molecule has 0 aliphatic carbocycles.